The molecule has 24 heavy (non-hydrogen) atoms. The van der Waals surface area contributed by atoms with Gasteiger partial charge in [0.05, 0.1) is 11.1 Å². The Balaban J connectivity index is 2.22. The standard InChI is InChI=1S/C16H16Cl2FNO3S/c1-10-6-16(14(18)8-13(10)17)24(21,22)20-9-15(23-2)11-4-3-5-12(19)7-11/h3-8,15,20H,9H2,1-2H3. The molecule has 8 heteroatoms. The maximum absolute atomic E-state index is 13.3. The molecule has 2 aromatic carbocycles. The van der Waals surface area contributed by atoms with Crippen molar-refractivity contribution in [2.24, 2.45) is 0 Å². The van der Waals surface area contributed by atoms with Gasteiger partial charge < -0.3 is 4.74 Å². The second-order valence-electron chi connectivity index (χ2n) is 5.16. The molecular formula is C16H16Cl2FNO3S. The monoisotopic (exact) mass is 391 g/mol. The SMILES string of the molecule is COC(CNS(=O)(=O)c1cc(C)c(Cl)cc1Cl)c1cccc(F)c1. The second-order valence-corrected chi connectivity index (χ2v) is 7.71. The van der Waals surface area contributed by atoms with Crippen molar-refractivity contribution in [3.8, 4) is 0 Å². The van der Waals surface area contributed by atoms with E-state index in [0.717, 1.165) is 0 Å². The Kier molecular flexibility index (Phi) is 6.22. The fraction of sp³-hybridized carbons (Fsp3) is 0.250. The minimum Gasteiger partial charge on any atom is -0.375 e. The number of aryl methyl sites for hydroxylation is 1. The Morgan fingerprint density at radius 2 is 1.92 bits per heavy atom. The average Bonchev–Trinajstić information content (AvgIpc) is 2.51. The summed E-state index contributed by atoms with van der Waals surface area (Å²) in [5.74, 6) is -0.422. The summed E-state index contributed by atoms with van der Waals surface area (Å²) in [7, 11) is -2.45. The summed E-state index contributed by atoms with van der Waals surface area (Å²) >= 11 is 11.9. The number of nitrogens with one attached hydrogen (secondary N) is 1. The number of methoxy groups -OCH3 is 1. The van der Waals surface area contributed by atoms with Gasteiger partial charge in [0.15, 0.2) is 0 Å². The molecule has 1 unspecified atom stereocenters. The molecule has 0 aliphatic carbocycles. The highest BCUT2D eigenvalue weighted by atomic mass is 35.5. The number of benzene rings is 2. The molecule has 0 saturated carbocycles. The Bertz CT molecular complexity index is 843. The van der Waals surface area contributed by atoms with Crippen molar-refractivity contribution in [2.75, 3.05) is 13.7 Å². The van der Waals surface area contributed by atoms with Gasteiger partial charge in [-0.1, -0.05) is 35.3 Å². The molecule has 0 aliphatic heterocycles. The average molecular weight is 392 g/mol. The van der Waals surface area contributed by atoms with Crippen molar-refractivity contribution < 1.29 is 17.5 Å². The Morgan fingerprint density at radius 1 is 1.21 bits per heavy atom. The summed E-state index contributed by atoms with van der Waals surface area (Å²) in [6.45, 7) is 1.61. The van der Waals surface area contributed by atoms with Gasteiger partial charge in [0, 0.05) is 18.7 Å². The van der Waals surface area contributed by atoms with Crippen LogP contribution >= 0.6 is 23.2 Å². The zero-order valence-electron chi connectivity index (χ0n) is 13.0. The summed E-state index contributed by atoms with van der Waals surface area (Å²) in [5, 5.41) is 0.409. The quantitative estimate of drug-likeness (QED) is 0.805. The van der Waals surface area contributed by atoms with E-state index in [2.05, 4.69) is 4.72 Å². The summed E-state index contributed by atoms with van der Waals surface area (Å²) in [4.78, 5) is -0.0693. The lowest BCUT2D eigenvalue weighted by Gasteiger charge is -2.17. The van der Waals surface area contributed by atoms with Crippen LogP contribution in [0.1, 0.15) is 17.2 Å². The van der Waals surface area contributed by atoms with E-state index in [1.165, 1.54) is 37.4 Å². The minimum atomic E-state index is -3.87. The first-order valence-electron chi connectivity index (χ1n) is 6.98. The van der Waals surface area contributed by atoms with Crippen LogP contribution in [0.3, 0.4) is 0 Å². The predicted molar refractivity (Wildman–Crippen MR) is 92.5 cm³/mol. The van der Waals surface area contributed by atoms with Gasteiger partial charge in [0.2, 0.25) is 10.0 Å². The third-order valence-electron chi connectivity index (χ3n) is 3.47. The van der Waals surface area contributed by atoms with E-state index in [0.29, 0.717) is 16.1 Å². The molecule has 2 aromatic rings. The fourth-order valence-corrected chi connectivity index (χ4v) is 4.01. The number of sulfonamides is 1. The fourth-order valence-electron chi connectivity index (χ4n) is 2.14. The van der Waals surface area contributed by atoms with E-state index >= 15 is 0 Å². The molecule has 0 heterocycles. The largest absolute Gasteiger partial charge is 0.375 e. The maximum Gasteiger partial charge on any atom is 0.242 e. The molecule has 0 amide bonds. The molecule has 130 valence electrons. The smallest absolute Gasteiger partial charge is 0.242 e. The van der Waals surface area contributed by atoms with Gasteiger partial charge in [0.25, 0.3) is 0 Å². The van der Waals surface area contributed by atoms with Gasteiger partial charge in [0.1, 0.15) is 10.7 Å². The molecule has 0 fully saturated rings. The first-order chi connectivity index (χ1) is 11.2. The van der Waals surface area contributed by atoms with Gasteiger partial charge in [-0.15, -0.1) is 0 Å². The normalized spacial score (nSPS) is 13.0. The third-order valence-corrected chi connectivity index (χ3v) is 5.76. The van der Waals surface area contributed by atoms with E-state index in [1.54, 1.807) is 13.0 Å². The van der Waals surface area contributed by atoms with Gasteiger partial charge in [-0.3, -0.25) is 0 Å². The zero-order chi connectivity index (χ0) is 17.9. The highest BCUT2D eigenvalue weighted by Gasteiger charge is 2.21. The minimum absolute atomic E-state index is 0.0258. The molecule has 0 aromatic heterocycles. The first-order valence-corrected chi connectivity index (χ1v) is 9.22. The van der Waals surface area contributed by atoms with E-state index < -0.39 is 21.9 Å². The van der Waals surface area contributed by atoms with Crippen LogP contribution < -0.4 is 4.72 Å². The van der Waals surface area contributed by atoms with Crippen molar-refractivity contribution in [2.45, 2.75) is 17.9 Å². The van der Waals surface area contributed by atoms with Crippen LogP contribution in [0.4, 0.5) is 4.39 Å². The Hall–Kier alpha value is -1.18. The number of rotatable bonds is 6. The van der Waals surface area contributed by atoms with Gasteiger partial charge >= 0.3 is 0 Å². The summed E-state index contributed by atoms with van der Waals surface area (Å²) in [6.07, 6.45) is -0.636. The van der Waals surface area contributed by atoms with Crippen LogP contribution in [-0.2, 0) is 14.8 Å². The highest BCUT2D eigenvalue weighted by molar-refractivity contribution is 7.89. The summed E-state index contributed by atoms with van der Waals surface area (Å²) in [6, 6.07) is 8.57. The molecule has 1 N–H and O–H groups in total. The lowest BCUT2D eigenvalue weighted by atomic mass is 10.1. The molecule has 0 spiro atoms. The molecule has 1 atom stereocenters. The predicted octanol–water partition coefficient (Wildman–Crippen LogP) is 4.11. The third kappa shape index (κ3) is 4.46. The molecule has 2 rings (SSSR count). The lowest BCUT2D eigenvalue weighted by molar-refractivity contribution is 0.107. The second kappa shape index (κ2) is 7.80. The Labute approximate surface area is 150 Å². The van der Waals surface area contributed by atoms with Crippen molar-refractivity contribution in [3.05, 3.63) is 63.4 Å². The van der Waals surface area contributed by atoms with E-state index in [9.17, 15) is 12.8 Å². The van der Waals surface area contributed by atoms with Gasteiger partial charge in [-0.2, -0.15) is 0 Å². The lowest BCUT2D eigenvalue weighted by Crippen LogP contribution is -2.29. The van der Waals surface area contributed by atoms with Crippen molar-refractivity contribution in [1.82, 2.24) is 4.72 Å². The summed E-state index contributed by atoms with van der Waals surface area (Å²) in [5.41, 5.74) is 1.12. The number of halogens is 3. The number of hydrogen-bond donors (Lipinski definition) is 1. The van der Waals surface area contributed by atoms with E-state index in [4.69, 9.17) is 27.9 Å². The van der Waals surface area contributed by atoms with Crippen LogP contribution in [0.25, 0.3) is 0 Å². The topological polar surface area (TPSA) is 55.4 Å². The molecule has 0 radical (unpaired) electrons. The zero-order valence-corrected chi connectivity index (χ0v) is 15.3. The van der Waals surface area contributed by atoms with Gasteiger partial charge in [-0.25, -0.2) is 17.5 Å². The molecule has 4 nitrogen and oxygen atoms in total. The number of hydrogen-bond acceptors (Lipinski definition) is 3. The Morgan fingerprint density at radius 3 is 2.54 bits per heavy atom. The molecule has 0 aliphatic rings. The van der Waals surface area contributed by atoms with E-state index in [-0.39, 0.29) is 16.5 Å². The van der Waals surface area contributed by atoms with Gasteiger partial charge in [-0.05, 0) is 42.3 Å². The van der Waals surface area contributed by atoms with Crippen molar-refractivity contribution in [3.63, 3.8) is 0 Å². The van der Waals surface area contributed by atoms with Crippen LogP contribution in [-0.4, -0.2) is 22.1 Å². The van der Waals surface area contributed by atoms with Crippen LogP contribution in [0.15, 0.2) is 41.3 Å². The highest BCUT2D eigenvalue weighted by Crippen LogP contribution is 2.28. The molecular weight excluding hydrogens is 376 g/mol. The van der Waals surface area contributed by atoms with Crippen LogP contribution in [0.2, 0.25) is 10.0 Å². The molecule has 0 bridgehead atoms. The van der Waals surface area contributed by atoms with Crippen molar-refractivity contribution >= 4 is 33.2 Å². The summed E-state index contributed by atoms with van der Waals surface area (Å²) < 4.78 is 45.9. The van der Waals surface area contributed by atoms with Crippen LogP contribution in [0, 0.1) is 12.7 Å². The van der Waals surface area contributed by atoms with Crippen molar-refractivity contribution in [1.29, 1.82) is 0 Å². The van der Waals surface area contributed by atoms with Crippen LogP contribution in [0.5, 0.6) is 0 Å². The van der Waals surface area contributed by atoms with E-state index in [1.807, 2.05) is 0 Å². The first kappa shape index (κ1) is 19.1. The number of ether oxygens (including phenoxy) is 1. The maximum atomic E-state index is 13.3. The molecule has 0 saturated heterocycles.